The number of anilines is 1. The lowest BCUT2D eigenvalue weighted by Gasteiger charge is -2.14. The van der Waals surface area contributed by atoms with Crippen molar-refractivity contribution in [2.45, 2.75) is 30.7 Å². The van der Waals surface area contributed by atoms with E-state index in [0.29, 0.717) is 11.4 Å². The van der Waals surface area contributed by atoms with Crippen LogP contribution in [0, 0.1) is 0 Å². The molecule has 0 aliphatic rings. The molecule has 108 valence electrons. The average molecular weight is 285 g/mol. The van der Waals surface area contributed by atoms with Gasteiger partial charge in [0.2, 0.25) is 10.0 Å². The van der Waals surface area contributed by atoms with E-state index >= 15 is 0 Å². The standard InChI is InChI=1S/C13H23N3O2S/c1-4-5-11(14)10-15-12-6-8-13(9-7-12)19(17,18)16(2)3/h6-9,11,15H,4-5,10,14H2,1-3H3. The molecule has 5 nitrogen and oxygen atoms in total. The van der Waals surface area contributed by atoms with Crippen molar-refractivity contribution in [2.75, 3.05) is 26.0 Å². The van der Waals surface area contributed by atoms with Gasteiger partial charge < -0.3 is 11.1 Å². The molecule has 1 aromatic rings. The van der Waals surface area contributed by atoms with Gasteiger partial charge in [-0.25, -0.2) is 12.7 Å². The summed E-state index contributed by atoms with van der Waals surface area (Å²) >= 11 is 0. The second-order valence-corrected chi connectivity index (χ2v) is 6.89. The number of hydrogen-bond acceptors (Lipinski definition) is 4. The number of sulfonamides is 1. The van der Waals surface area contributed by atoms with Crippen LogP contribution in [0.1, 0.15) is 19.8 Å². The summed E-state index contributed by atoms with van der Waals surface area (Å²) in [7, 11) is -0.314. The first-order valence-corrected chi connectivity index (χ1v) is 7.84. The molecule has 0 heterocycles. The number of benzene rings is 1. The van der Waals surface area contributed by atoms with Gasteiger partial charge in [-0.1, -0.05) is 13.3 Å². The Balaban J connectivity index is 2.67. The third kappa shape index (κ3) is 4.49. The summed E-state index contributed by atoms with van der Waals surface area (Å²) in [6.07, 6.45) is 2.03. The summed E-state index contributed by atoms with van der Waals surface area (Å²) in [6, 6.07) is 6.84. The highest BCUT2D eigenvalue weighted by Crippen LogP contribution is 2.16. The SMILES string of the molecule is CCCC(N)CNc1ccc(S(=O)(=O)N(C)C)cc1. The van der Waals surface area contributed by atoms with Crippen molar-refractivity contribution in [3.05, 3.63) is 24.3 Å². The highest BCUT2D eigenvalue weighted by atomic mass is 32.2. The number of nitrogens with two attached hydrogens (primary N) is 1. The minimum absolute atomic E-state index is 0.121. The van der Waals surface area contributed by atoms with Gasteiger partial charge in [-0.3, -0.25) is 0 Å². The van der Waals surface area contributed by atoms with E-state index in [2.05, 4.69) is 12.2 Å². The van der Waals surface area contributed by atoms with Crippen molar-refractivity contribution in [1.29, 1.82) is 0 Å². The zero-order valence-corrected chi connectivity index (χ0v) is 12.6. The third-order valence-electron chi connectivity index (χ3n) is 2.86. The minimum atomic E-state index is -3.35. The van der Waals surface area contributed by atoms with E-state index < -0.39 is 10.0 Å². The van der Waals surface area contributed by atoms with Crippen molar-refractivity contribution in [2.24, 2.45) is 5.73 Å². The molecule has 3 N–H and O–H groups in total. The molecule has 0 amide bonds. The van der Waals surface area contributed by atoms with E-state index in [-0.39, 0.29) is 6.04 Å². The van der Waals surface area contributed by atoms with Gasteiger partial charge in [0.05, 0.1) is 4.90 Å². The predicted octanol–water partition coefficient (Wildman–Crippen LogP) is 1.48. The Morgan fingerprint density at radius 2 is 1.84 bits per heavy atom. The van der Waals surface area contributed by atoms with Gasteiger partial charge in [0, 0.05) is 32.4 Å². The predicted molar refractivity (Wildman–Crippen MR) is 78.7 cm³/mol. The molecule has 0 spiro atoms. The van der Waals surface area contributed by atoms with Crippen molar-refractivity contribution in [1.82, 2.24) is 4.31 Å². The van der Waals surface area contributed by atoms with Gasteiger partial charge >= 0.3 is 0 Å². The maximum absolute atomic E-state index is 11.9. The first-order valence-electron chi connectivity index (χ1n) is 6.40. The fourth-order valence-electron chi connectivity index (χ4n) is 1.68. The number of nitrogens with zero attached hydrogens (tertiary/aromatic N) is 1. The lowest BCUT2D eigenvalue weighted by atomic mass is 10.2. The van der Waals surface area contributed by atoms with Crippen molar-refractivity contribution < 1.29 is 8.42 Å². The zero-order valence-electron chi connectivity index (χ0n) is 11.8. The molecule has 19 heavy (non-hydrogen) atoms. The number of nitrogens with one attached hydrogen (secondary N) is 1. The molecule has 0 radical (unpaired) electrons. The average Bonchev–Trinajstić information content (AvgIpc) is 2.37. The van der Waals surface area contributed by atoms with Crippen LogP contribution in [-0.2, 0) is 10.0 Å². The van der Waals surface area contributed by atoms with Crippen LogP contribution in [0.2, 0.25) is 0 Å². The van der Waals surface area contributed by atoms with E-state index in [4.69, 9.17) is 5.73 Å². The Labute approximate surface area is 115 Å². The van der Waals surface area contributed by atoms with Crippen LogP contribution in [0.15, 0.2) is 29.2 Å². The highest BCUT2D eigenvalue weighted by Gasteiger charge is 2.16. The molecule has 0 aliphatic heterocycles. The van der Waals surface area contributed by atoms with Gasteiger partial charge in [-0.2, -0.15) is 0 Å². The maximum atomic E-state index is 11.9. The van der Waals surface area contributed by atoms with Crippen LogP contribution in [0.3, 0.4) is 0 Å². The van der Waals surface area contributed by atoms with E-state index in [1.54, 1.807) is 24.3 Å². The van der Waals surface area contributed by atoms with Crippen LogP contribution in [0.25, 0.3) is 0 Å². The molecule has 6 heteroatoms. The fourth-order valence-corrected chi connectivity index (χ4v) is 2.58. The molecule has 1 aromatic carbocycles. The molecule has 1 atom stereocenters. The molecule has 0 bridgehead atoms. The van der Waals surface area contributed by atoms with Crippen molar-refractivity contribution >= 4 is 15.7 Å². The summed E-state index contributed by atoms with van der Waals surface area (Å²) in [5, 5.41) is 3.20. The zero-order chi connectivity index (χ0) is 14.5. The van der Waals surface area contributed by atoms with Crippen LogP contribution in [0.5, 0.6) is 0 Å². The Morgan fingerprint density at radius 3 is 2.32 bits per heavy atom. The Kier molecular flexibility index (Phi) is 5.78. The van der Waals surface area contributed by atoms with Crippen molar-refractivity contribution in [3.8, 4) is 0 Å². The lowest BCUT2D eigenvalue weighted by Crippen LogP contribution is -2.28. The maximum Gasteiger partial charge on any atom is 0.242 e. The lowest BCUT2D eigenvalue weighted by molar-refractivity contribution is 0.521. The van der Waals surface area contributed by atoms with Gasteiger partial charge in [-0.05, 0) is 30.7 Å². The smallest absolute Gasteiger partial charge is 0.242 e. The quantitative estimate of drug-likeness (QED) is 0.795. The summed E-state index contributed by atoms with van der Waals surface area (Å²) < 4.78 is 25.0. The topological polar surface area (TPSA) is 75.4 Å². The van der Waals surface area contributed by atoms with Crippen LogP contribution in [-0.4, -0.2) is 39.4 Å². The Hall–Kier alpha value is -1.11. The number of hydrogen-bond donors (Lipinski definition) is 2. The molecule has 0 saturated heterocycles. The van der Waals surface area contributed by atoms with Crippen LogP contribution in [0.4, 0.5) is 5.69 Å². The molecule has 0 fully saturated rings. The molecule has 1 rings (SSSR count). The monoisotopic (exact) mass is 285 g/mol. The summed E-state index contributed by atoms with van der Waals surface area (Å²) in [5.74, 6) is 0. The van der Waals surface area contributed by atoms with Crippen molar-refractivity contribution in [3.63, 3.8) is 0 Å². The summed E-state index contributed by atoms with van der Waals surface area (Å²) in [6.45, 7) is 2.79. The van der Waals surface area contributed by atoms with E-state index in [1.165, 1.54) is 18.4 Å². The Bertz CT molecular complexity index is 483. The highest BCUT2D eigenvalue weighted by molar-refractivity contribution is 7.89. The summed E-state index contributed by atoms with van der Waals surface area (Å²) in [5.41, 5.74) is 6.78. The molecule has 0 saturated carbocycles. The first kappa shape index (κ1) is 15.9. The van der Waals surface area contributed by atoms with E-state index in [1.807, 2.05) is 0 Å². The van der Waals surface area contributed by atoms with Gasteiger partial charge in [0.15, 0.2) is 0 Å². The minimum Gasteiger partial charge on any atom is -0.383 e. The second-order valence-electron chi connectivity index (χ2n) is 4.74. The first-order chi connectivity index (χ1) is 8.87. The molecule has 0 aliphatic carbocycles. The van der Waals surface area contributed by atoms with E-state index in [9.17, 15) is 8.42 Å². The molecule has 0 aromatic heterocycles. The van der Waals surface area contributed by atoms with Gasteiger partial charge in [0.25, 0.3) is 0 Å². The molecular formula is C13H23N3O2S. The largest absolute Gasteiger partial charge is 0.383 e. The van der Waals surface area contributed by atoms with E-state index in [0.717, 1.165) is 18.5 Å². The normalized spacial score (nSPS) is 13.5. The van der Waals surface area contributed by atoms with Crippen LogP contribution < -0.4 is 11.1 Å². The Morgan fingerprint density at radius 1 is 1.26 bits per heavy atom. The van der Waals surface area contributed by atoms with Gasteiger partial charge in [-0.15, -0.1) is 0 Å². The fraction of sp³-hybridized carbons (Fsp3) is 0.538. The van der Waals surface area contributed by atoms with Crippen LogP contribution >= 0.6 is 0 Å². The second kappa shape index (κ2) is 6.88. The molecular weight excluding hydrogens is 262 g/mol. The summed E-state index contributed by atoms with van der Waals surface area (Å²) in [4.78, 5) is 0.293. The van der Waals surface area contributed by atoms with Gasteiger partial charge in [0.1, 0.15) is 0 Å². The number of rotatable bonds is 7. The third-order valence-corrected chi connectivity index (χ3v) is 4.69. The molecule has 1 unspecified atom stereocenters.